The number of carboxylic acids is 1. The third kappa shape index (κ3) is 4.38. The first-order valence-corrected chi connectivity index (χ1v) is 13.2. The fourth-order valence-corrected chi connectivity index (χ4v) is 7.06. The van der Waals surface area contributed by atoms with Gasteiger partial charge in [-0.1, -0.05) is 23.7 Å². The molecular weight excluding hydrogens is 454 g/mol. The number of aryl methyl sites for hydroxylation is 1. The van der Waals surface area contributed by atoms with Crippen molar-refractivity contribution in [1.82, 2.24) is 0 Å². The van der Waals surface area contributed by atoms with Gasteiger partial charge in [0.15, 0.2) is 0 Å². The summed E-state index contributed by atoms with van der Waals surface area (Å²) in [5, 5.41) is 11.0. The summed E-state index contributed by atoms with van der Waals surface area (Å²) in [6.07, 6.45) is 7.62. The van der Waals surface area contributed by atoms with Crippen molar-refractivity contribution in [3.8, 4) is 5.75 Å². The molecule has 1 N–H and O–H groups in total. The lowest BCUT2D eigenvalue weighted by Gasteiger charge is -2.44. The molecule has 3 atom stereocenters. The lowest BCUT2D eigenvalue weighted by atomic mass is 9.70. The van der Waals surface area contributed by atoms with Crippen LogP contribution in [0.25, 0.3) is 0 Å². The average Bonchev–Trinajstić information content (AvgIpc) is 2.94. The van der Waals surface area contributed by atoms with Crippen molar-refractivity contribution in [3.63, 3.8) is 0 Å². The lowest BCUT2D eigenvalue weighted by molar-refractivity contribution is 0.0697. The molecule has 1 aliphatic heterocycles. The van der Waals surface area contributed by atoms with Gasteiger partial charge in [0.05, 0.1) is 17.9 Å². The highest BCUT2D eigenvalue weighted by Gasteiger charge is 2.43. The van der Waals surface area contributed by atoms with E-state index in [0.29, 0.717) is 23.3 Å². The van der Waals surface area contributed by atoms with Gasteiger partial charge in [-0.15, -0.1) is 6.58 Å². The smallest absolute Gasteiger partial charge is 0.335 e. The van der Waals surface area contributed by atoms with Gasteiger partial charge in [0, 0.05) is 34.5 Å². The Kier molecular flexibility index (Phi) is 6.37. The Balaban J connectivity index is 1.52. The molecule has 1 spiro atoms. The van der Waals surface area contributed by atoms with E-state index in [0.717, 1.165) is 54.6 Å². The van der Waals surface area contributed by atoms with Crippen LogP contribution in [-0.2, 0) is 11.8 Å². The van der Waals surface area contributed by atoms with Crippen LogP contribution >= 0.6 is 23.4 Å². The molecule has 4 nitrogen and oxygen atoms in total. The largest absolute Gasteiger partial charge is 0.490 e. The number of benzene rings is 2. The molecule has 0 radical (unpaired) electrons. The average molecular weight is 484 g/mol. The maximum Gasteiger partial charge on any atom is 0.335 e. The predicted octanol–water partition coefficient (Wildman–Crippen LogP) is 6.21. The van der Waals surface area contributed by atoms with Crippen LogP contribution < -0.4 is 9.64 Å². The molecule has 2 aromatic carbocycles. The fourth-order valence-electron chi connectivity index (χ4n) is 5.69. The second-order valence-corrected chi connectivity index (χ2v) is 11.3. The first kappa shape index (κ1) is 22.7. The Morgan fingerprint density at radius 1 is 1.30 bits per heavy atom. The molecule has 6 heteroatoms. The number of thioether (sulfide) groups is 1. The summed E-state index contributed by atoms with van der Waals surface area (Å²) in [4.78, 5) is 14.2. The molecule has 1 fully saturated rings. The van der Waals surface area contributed by atoms with E-state index in [-0.39, 0.29) is 5.41 Å². The van der Waals surface area contributed by atoms with Crippen LogP contribution in [0.3, 0.4) is 0 Å². The maximum absolute atomic E-state index is 11.7. The second-order valence-electron chi connectivity index (χ2n) is 9.59. The standard InChI is InChI=1S/C27H30ClNO3S/c1-2-12-33-25-10-6-20(25)15-29-16-27(11-3-4-18-13-21(28)7-8-22(18)27)17-32-24-9-5-19(26(30)31)14-23(24)29/h2,5,7-9,13-14,20,25H,1,3-4,6,10-12,15-17H2,(H,30,31)/t20-,25+,27?/m1/s1. The summed E-state index contributed by atoms with van der Waals surface area (Å²) < 4.78 is 6.43. The Morgan fingerprint density at radius 3 is 2.94 bits per heavy atom. The molecule has 174 valence electrons. The van der Waals surface area contributed by atoms with Crippen molar-refractivity contribution in [2.75, 3.05) is 30.3 Å². The van der Waals surface area contributed by atoms with Crippen molar-refractivity contribution in [2.24, 2.45) is 5.92 Å². The maximum atomic E-state index is 11.7. The van der Waals surface area contributed by atoms with Crippen LogP contribution in [0.5, 0.6) is 5.75 Å². The first-order chi connectivity index (χ1) is 16.0. The van der Waals surface area contributed by atoms with Gasteiger partial charge in [-0.2, -0.15) is 11.8 Å². The zero-order valence-corrected chi connectivity index (χ0v) is 20.3. The van der Waals surface area contributed by atoms with E-state index < -0.39 is 5.97 Å². The van der Waals surface area contributed by atoms with E-state index in [4.69, 9.17) is 16.3 Å². The first-order valence-electron chi connectivity index (χ1n) is 11.8. The van der Waals surface area contributed by atoms with E-state index in [1.54, 1.807) is 12.1 Å². The zero-order valence-electron chi connectivity index (χ0n) is 18.8. The van der Waals surface area contributed by atoms with Crippen molar-refractivity contribution < 1.29 is 14.6 Å². The number of hydrogen-bond donors (Lipinski definition) is 1. The molecule has 2 aromatic rings. The second kappa shape index (κ2) is 9.27. The third-order valence-corrected chi connectivity index (χ3v) is 9.23. The summed E-state index contributed by atoms with van der Waals surface area (Å²) >= 11 is 8.32. The van der Waals surface area contributed by atoms with Gasteiger partial charge in [0.25, 0.3) is 0 Å². The summed E-state index contributed by atoms with van der Waals surface area (Å²) in [5.41, 5.74) is 3.74. The van der Waals surface area contributed by atoms with Gasteiger partial charge in [-0.25, -0.2) is 4.79 Å². The van der Waals surface area contributed by atoms with Crippen LogP contribution in [-0.4, -0.2) is 41.8 Å². The molecule has 0 saturated heterocycles. The van der Waals surface area contributed by atoms with Crippen molar-refractivity contribution in [2.45, 2.75) is 42.8 Å². The molecule has 1 unspecified atom stereocenters. The van der Waals surface area contributed by atoms with E-state index in [9.17, 15) is 9.90 Å². The van der Waals surface area contributed by atoms with Gasteiger partial charge in [-0.05, 0) is 79.5 Å². The van der Waals surface area contributed by atoms with E-state index in [2.05, 4.69) is 23.6 Å². The van der Waals surface area contributed by atoms with Crippen molar-refractivity contribution >= 4 is 35.0 Å². The van der Waals surface area contributed by atoms with Crippen LogP contribution in [0.1, 0.15) is 47.2 Å². The number of anilines is 1. The summed E-state index contributed by atoms with van der Waals surface area (Å²) in [7, 11) is 0. The van der Waals surface area contributed by atoms with Crippen LogP contribution in [0.4, 0.5) is 5.69 Å². The highest BCUT2D eigenvalue weighted by atomic mass is 35.5. The van der Waals surface area contributed by atoms with Gasteiger partial charge in [0.1, 0.15) is 5.75 Å². The fraction of sp³-hybridized carbons (Fsp3) is 0.444. The molecule has 1 heterocycles. The summed E-state index contributed by atoms with van der Waals surface area (Å²) in [5.74, 6) is 1.44. The third-order valence-electron chi connectivity index (χ3n) is 7.51. The normalized spacial score (nSPS) is 25.9. The zero-order chi connectivity index (χ0) is 23.0. The topological polar surface area (TPSA) is 49.8 Å². The van der Waals surface area contributed by atoms with Crippen LogP contribution in [0.15, 0.2) is 49.1 Å². The van der Waals surface area contributed by atoms with E-state index >= 15 is 0 Å². The predicted molar refractivity (Wildman–Crippen MR) is 136 cm³/mol. The minimum Gasteiger partial charge on any atom is -0.490 e. The number of carboxylic acid groups (broad SMARTS) is 1. The molecule has 0 aromatic heterocycles. The summed E-state index contributed by atoms with van der Waals surface area (Å²) in [6.45, 7) is 6.21. The Morgan fingerprint density at radius 2 is 2.18 bits per heavy atom. The van der Waals surface area contributed by atoms with Crippen LogP contribution in [0, 0.1) is 5.92 Å². The SMILES string of the molecule is C=CCS[C@H]1CC[C@@H]1CN1CC2(CCCc3cc(Cl)ccc32)COc2ccc(C(=O)O)cc21. The van der Waals surface area contributed by atoms with Crippen molar-refractivity contribution in [1.29, 1.82) is 0 Å². The molecule has 0 amide bonds. The van der Waals surface area contributed by atoms with Crippen LogP contribution in [0.2, 0.25) is 5.02 Å². The number of carbonyl (C=O) groups is 1. The Labute approximate surface area is 205 Å². The molecule has 0 bridgehead atoms. The number of aromatic carboxylic acids is 1. The van der Waals surface area contributed by atoms with Gasteiger partial charge in [0.2, 0.25) is 0 Å². The van der Waals surface area contributed by atoms with Gasteiger partial charge < -0.3 is 14.7 Å². The molecule has 33 heavy (non-hydrogen) atoms. The molecular formula is C27H30ClNO3S. The minimum absolute atomic E-state index is 0.131. The highest BCUT2D eigenvalue weighted by molar-refractivity contribution is 8.00. The summed E-state index contributed by atoms with van der Waals surface area (Å²) in [6, 6.07) is 11.6. The number of hydrogen-bond acceptors (Lipinski definition) is 4. The minimum atomic E-state index is -0.905. The quantitative estimate of drug-likeness (QED) is 0.495. The highest BCUT2D eigenvalue weighted by Crippen LogP contribution is 2.46. The number of ether oxygens (including phenoxy) is 1. The Bertz CT molecular complexity index is 1070. The lowest BCUT2D eigenvalue weighted by Crippen LogP contribution is -2.49. The van der Waals surface area contributed by atoms with Gasteiger partial charge in [-0.3, -0.25) is 0 Å². The molecule has 3 aliphatic rings. The molecule has 1 saturated carbocycles. The molecule has 5 rings (SSSR count). The number of fused-ring (bicyclic) bond motifs is 3. The van der Waals surface area contributed by atoms with E-state index in [1.807, 2.05) is 30.0 Å². The van der Waals surface area contributed by atoms with E-state index in [1.165, 1.54) is 24.0 Å². The van der Waals surface area contributed by atoms with Crippen molar-refractivity contribution in [3.05, 3.63) is 70.8 Å². The number of nitrogens with zero attached hydrogens (tertiary/aromatic N) is 1. The van der Waals surface area contributed by atoms with Gasteiger partial charge >= 0.3 is 5.97 Å². The molecule has 2 aliphatic carbocycles. The Hall–Kier alpha value is -2.11. The monoisotopic (exact) mass is 483 g/mol. The number of rotatable bonds is 6. The number of halogens is 1.